The van der Waals surface area contributed by atoms with Crippen LogP contribution < -0.4 is 0 Å². The molecule has 0 rings (SSSR count). The molecule has 0 spiro atoms. The molecule has 0 saturated carbocycles. The first-order chi connectivity index (χ1) is 5.65. The zero-order chi connectivity index (χ0) is 11.5. The van der Waals surface area contributed by atoms with Crippen LogP contribution in [0.3, 0.4) is 0 Å². The molecule has 5 nitrogen and oxygen atoms in total. The van der Waals surface area contributed by atoms with Gasteiger partial charge in [-0.1, -0.05) is 6.92 Å². The second-order valence-corrected chi connectivity index (χ2v) is 2.10. The molecular weight excluding hydrogens is 221 g/mol. The van der Waals surface area contributed by atoms with Gasteiger partial charge in [-0.15, -0.1) is 0 Å². The zero-order valence-corrected chi connectivity index (χ0v) is 7.30. The average molecular weight is 229 g/mol. The monoisotopic (exact) mass is 229 g/mol. The van der Waals surface area contributed by atoms with Gasteiger partial charge in [0.2, 0.25) is 0 Å². The fourth-order valence-electron chi connectivity index (χ4n) is 0. The molecule has 0 fully saturated rings. The summed E-state index contributed by atoms with van der Waals surface area (Å²) in [6.45, 7) is 1.82. The molecule has 0 heterocycles. The molecular formula is C3H8BF3LiNO4S. The number of halogens is 3. The van der Waals surface area contributed by atoms with Crippen molar-refractivity contribution in [3.05, 3.63) is 0 Å². The van der Waals surface area contributed by atoms with E-state index in [1.54, 1.807) is 0 Å². The van der Waals surface area contributed by atoms with Crippen LogP contribution in [0.15, 0.2) is 0 Å². The first-order valence-electron chi connectivity index (χ1n) is 2.64. The Labute approximate surface area is 92.3 Å². The van der Waals surface area contributed by atoms with Crippen LogP contribution in [0, 0.1) is 11.3 Å². The predicted octanol–water partition coefficient (Wildman–Crippen LogP) is 0.498. The van der Waals surface area contributed by atoms with Crippen LogP contribution in [-0.2, 0) is 10.4 Å². The van der Waals surface area contributed by atoms with Crippen molar-refractivity contribution in [2.75, 3.05) is 0 Å². The van der Waals surface area contributed by atoms with Gasteiger partial charge in [0, 0.05) is 6.42 Å². The number of nitriles is 1. The van der Waals surface area contributed by atoms with E-state index in [1.165, 1.54) is 0 Å². The minimum atomic E-state index is -4.67. The molecule has 0 aromatic rings. The van der Waals surface area contributed by atoms with E-state index in [4.69, 9.17) is 22.8 Å². The molecule has 0 atom stereocenters. The van der Waals surface area contributed by atoms with E-state index in [2.05, 4.69) is 0 Å². The molecule has 0 unspecified atom stereocenters. The summed E-state index contributed by atoms with van der Waals surface area (Å²) in [6, 6.07) is 1.93. The van der Waals surface area contributed by atoms with Gasteiger partial charge in [-0.05, 0) is 0 Å². The Morgan fingerprint density at radius 3 is 1.43 bits per heavy atom. The van der Waals surface area contributed by atoms with Crippen LogP contribution in [0.25, 0.3) is 0 Å². The van der Waals surface area contributed by atoms with Gasteiger partial charge in [0.05, 0.1) is 6.07 Å². The van der Waals surface area contributed by atoms with Gasteiger partial charge in [-0.2, -0.15) is 13.7 Å². The van der Waals surface area contributed by atoms with Crippen LogP contribution in [0.5, 0.6) is 0 Å². The Morgan fingerprint density at radius 1 is 1.36 bits per heavy atom. The van der Waals surface area contributed by atoms with Crippen molar-refractivity contribution in [1.82, 2.24) is 0 Å². The molecule has 11 heteroatoms. The first kappa shape index (κ1) is 23.5. The summed E-state index contributed by atoms with van der Waals surface area (Å²) >= 11 is 0. The predicted molar refractivity (Wildman–Crippen MR) is 46.3 cm³/mol. The minimum absolute atomic E-state index is 0. The van der Waals surface area contributed by atoms with Crippen molar-refractivity contribution in [3.8, 4) is 6.07 Å². The van der Waals surface area contributed by atoms with Gasteiger partial charge in [0.25, 0.3) is 0 Å². The summed E-state index contributed by atoms with van der Waals surface area (Å²) in [5.74, 6) is 0. The summed E-state index contributed by atoms with van der Waals surface area (Å²) in [6.07, 6.45) is 0.625. The number of rotatable bonds is 0. The van der Waals surface area contributed by atoms with E-state index >= 15 is 0 Å². The second kappa shape index (κ2) is 15.3. The van der Waals surface area contributed by atoms with Crippen molar-refractivity contribution in [3.63, 3.8) is 0 Å². The van der Waals surface area contributed by atoms with E-state index in [0.29, 0.717) is 6.42 Å². The third kappa shape index (κ3) is 2090. The number of hydrogen-bond acceptors (Lipinski definition) is 3. The van der Waals surface area contributed by atoms with Gasteiger partial charge < -0.3 is 0 Å². The summed E-state index contributed by atoms with van der Waals surface area (Å²) in [4.78, 5) is 0. The Morgan fingerprint density at radius 2 is 1.43 bits per heavy atom. The van der Waals surface area contributed by atoms with Gasteiger partial charge >= 0.3 is 36.8 Å². The van der Waals surface area contributed by atoms with Crippen LogP contribution in [-0.4, -0.2) is 43.9 Å². The molecule has 0 radical (unpaired) electrons. The molecule has 0 amide bonds. The van der Waals surface area contributed by atoms with Crippen LogP contribution in [0.4, 0.5) is 12.9 Å². The molecule has 0 aliphatic rings. The summed E-state index contributed by atoms with van der Waals surface area (Å²) in [5, 5.41) is 7.62. The second-order valence-electron chi connectivity index (χ2n) is 1.21. The van der Waals surface area contributed by atoms with E-state index in [0.717, 1.165) is 0 Å². The topological polar surface area (TPSA) is 98.4 Å². The summed E-state index contributed by atoms with van der Waals surface area (Å²) in [7, 11) is -8.33. The van der Waals surface area contributed by atoms with Crippen LogP contribution in [0.1, 0.15) is 13.3 Å². The van der Waals surface area contributed by atoms with Gasteiger partial charge in [-0.3, -0.25) is 22.1 Å². The van der Waals surface area contributed by atoms with Crippen molar-refractivity contribution in [2.45, 2.75) is 13.3 Å². The fourth-order valence-corrected chi connectivity index (χ4v) is 0. The summed E-state index contributed by atoms with van der Waals surface area (Å²) < 4.78 is 60.6. The molecule has 14 heavy (non-hydrogen) atoms. The third-order valence-electron chi connectivity index (χ3n) is 0.158. The quantitative estimate of drug-likeness (QED) is 0.465. The molecule has 0 saturated heterocycles. The Kier molecular flexibility index (Phi) is 25.7. The van der Waals surface area contributed by atoms with Crippen molar-refractivity contribution in [1.29, 1.82) is 5.26 Å². The average Bonchev–Trinajstić information content (AvgIpc) is 1.82. The maximum absolute atomic E-state index is 9.67. The fraction of sp³-hybridized carbons (Fsp3) is 0.667. The molecule has 80 valence electrons. The Hall–Kier alpha value is -0.188. The zero-order valence-electron chi connectivity index (χ0n) is 6.48. The van der Waals surface area contributed by atoms with Crippen molar-refractivity contribution < 1.29 is 30.5 Å². The molecule has 2 N–H and O–H groups in total. The molecule has 0 aromatic carbocycles. The maximum atomic E-state index is 9.67. The normalized spacial score (nSPS) is 7.50. The van der Waals surface area contributed by atoms with Gasteiger partial charge in [-0.25, -0.2) is 0 Å². The van der Waals surface area contributed by atoms with Crippen LogP contribution in [0.2, 0.25) is 0 Å². The number of hydrogen-bond donors (Lipinski definition) is 2. The Bertz CT molecular complexity index is 220. The van der Waals surface area contributed by atoms with E-state index in [9.17, 15) is 12.9 Å². The van der Waals surface area contributed by atoms with E-state index < -0.39 is 17.9 Å². The Balaban J connectivity index is -0.0000000522. The van der Waals surface area contributed by atoms with E-state index in [1.807, 2.05) is 13.0 Å². The molecule has 0 aliphatic carbocycles. The van der Waals surface area contributed by atoms with Crippen LogP contribution >= 0.6 is 0 Å². The standard InChI is InChI=1S/C3H5N.BF3.Li.H2O4S.H/c1-2-3-4;2-1(3)4;;1-5(2,3)4;/h2H2,1H3;;;(H2,1,2,3,4);. The summed E-state index contributed by atoms with van der Waals surface area (Å²) in [5.41, 5.74) is 0. The third-order valence-corrected chi connectivity index (χ3v) is 0.158. The molecule has 0 aliphatic heterocycles. The van der Waals surface area contributed by atoms with Gasteiger partial charge in [0.1, 0.15) is 0 Å². The van der Waals surface area contributed by atoms with Gasteiger partial charge in [0.15, 0.2) is 0 Å². The number of nitrogens with zero attached hydrogens (tertiary/aromatic N) is 1. The van der Waals surface area contributed by atoms with Crippen molar-refractivity contribution in [2.24, 2.45) is 0 Å². The SMILES string of the molecule is CCC#N.FB(F)F.O=S(=O)(O)O.[LiH]. The van der Waals surface area contributed by atoms with Crippen molar-refractivity contribution >= 4 is 36.8 Å². The molecule has 0 aromatic heterocycles. The van der Waals surface area contributed by atoms with E-state index in [-0.39, 0.29) is 18.9 Å². The first-order valence-corrected chi connectivity index (χ1v) is 4.03. The molecule has 0 bridgehead atoms.